The minimum atomic E-state index is -0.389. The smallest absolute Gasteiger partial charge is 0.105 e. The van der Waals surface area contributed by atoms with Crippen LogP contribution in [0.5, 0.6) is 0 Å². The van der Waals surface area contributed by atoms with Gasteiger partial charge in [0.15, 0.2) is 0 Å². The first-order chi connectivity index (χ1) is 3.94. The van der Waals surface area contributed by atoms with Gasteiger partial charge in [0.1, 0.15) is 5.78 Å². The van der Waals surface area contributed by atoms with Gasteiger partial charge in [-0.2, -0.15) is 6.92 Å². The number of hydrogen-bond donors (Lipinski definition) is 0. The van der Waals surface area contributed by atoms with E-state index in [0.717, 1.165) is 0 Å². The maximum atomic E-state index is 10.4. The Labute approximate surface area is 215 Å². The summed E-state index contributed by atoms with van der Waals surface area (Å²) in [6, 6.07) is 0. The maximum absolute atomic E-state index is 10.4. The van der Waals surface area contributed by atoms with Crippen LogP contribution in [0.15, 0.2) is 0 Å². The van der Waals surface area contributed by atoms with Gasteiger partial charge in [-0.05, 0) is 6.92 Å². The van der Waals surface area contributed by atoms with Gasteiger partial charge in [-0.15, -0.1) is 5.41 Å². The second-order valence-electron chi connectivity index (χ2n) is 2.44. The van der Waals surface area contributed by atoms with Crippen molar-refractivity contribution in [2.75, 3.05) is 0 Å². The summed E-state index contributed by atoms with van der Waals surface area (Å²) in [6.07, 6.45) is 0. The third-order valence-electron chi connectivity index (χ3n) is 0.953. The van der Waals surface area contributed by atoms with Crippen molar-refractivity contribution in [3.8, 4) is 0 Å². The quantitative estimate of drug-likeness (QED) is 0.441. The maximum Gasteiger partial charge on any atom is 0.105 e. The van der Waals surface area contributed by atoms with Crippen LogP contribution in [0.1, 0.15) is 27.7 Å². The molecule has 0 unspecified atom stereocenters. The van der Waals surface area contributed by atoms with Gasteiger partial charge < -0.3 is 18.6 Å². The van der Waals surface area contributed by atoms with Crippen LogP contribution < -0.4 is 0 Å². The molecule has 14 heavy (non-hydrogen) atoms. The molecule has 0 N–H and O–H groups in total. The van der Waals surface area contributed by atoms with Crippen LogP contribution >= 0.6 is 0 Å². The molecule has 0 amide bonds. The number of hydrogen-bond acceptors (Lipinski definition) is 1. The largest absolute Gasteiger partial charge is 0.346 e. The fourth-order valence-corrected chi connectivity index (χ4v) is 0. The first-order valence-electron chi connectivity index (χ1n) is 3.01. The van der Waals surface area contributed by atoms with Crippen molar-refractivity contribution in [2.24, 2.45) is 5.41 Å². The molecule has 0 bridgehead atoms. The van der Waals surface area contributed by atoms with Crippen molar-refractivity contribution >= 4 is 5.78 Å². The molecule has 0 atom stereocenters. The fraction of sp³-hybridized carbons (Fsp3) is 0.625. The predicted octanol–water partition coefficient (Wildman–Crippen LogP) is 2.26. The Hall–Kier alpha value is 5.19. The molecule has 5 radical (unpaired) electrons. The van der Waals surface area contributed by atoms with Crippen LogP contribution in [0.3, 0.4) is 0 Å². The van der Waals surface area contributed by atoms with E-state index in [1.54, 1.807) is 27.7 Å². The van der Waals surface area contributed by atoms with E-state index >= 15 is 0 Å². The molecule has 0 spiro atoms. The predicted molar refractivity (Wildman–Crippen MR) is 40.9 cm³/mol. The molecule has 0 aromatic rings. The van der Waals surface area contributed by atoms with Crippen LogP contribution in [0.4, 0.5) is 0 Å². The number of rotatable bonds is 1. The first kappa shape index (κ1) is 42.7. The molecule has 6 heteroatoms. The Balaban J connectivity index is -0.0000000132. The van der Waals surface area contributed by atoms with Gasteiger partial charge >= 0.3 is 0 Å². The SMILES string of the molecule is [CH2-]C.[CH2-]C(C)(C)C(C)=O.[Y].[Y].[Y].[Y].[Y]. The van der Waals surface area contributed by atoms with Crippen LogP contribution in [-0.2, 0) is 168 Å². The summed E-state index contributed by atoms with van der Waals surface area (Å²) in [6.45, 7) is 13.8. The summed E-state index contributed by atoms with van der Waals surface area (Å²) in [5.74, 6) is 0.132. The molecule has 0 heterocycles. The Morgan fingerprint density at radius 3 is 1.00 bits per heavy atom. The zero-order valence-electron chi connectivity index (χ0n) is 9.71. The molecular weight excluding hydrogens is 557 g/mol. The summed E-state index contributed by atoms with van der Waals surface area (Å²) in [5, 5.41) is 0. The van der Waals surface area contributed by atoms with Crippen LogP contribution in [-0.4, -0.2) is 5.78 Å². The molecule has 71 valence electrons. The van der Waals surface area contributed by atoms with Gasteiger partial charge in [0.05, 0.1) is 0 Å². The standard InChI is InChI=1S/C6H11O.C2H5.5Y/c1-5(7)6(2,3)4;1-2;;;;;/h2H2,1,3-4H3;1H2,2H3;;;;;/q2*-1;;;;;. The third-order valence-corrected chi connectivity index (χ3v) is 0.953. The minimum Gasteiger partial charge on any atom is -0.346 e. The van der Waals surface area contributed by atoms with Crippen molar-refractivity contribution in [1.82, 2.24) is 0 Å². The van der Waals surface area contributed by atoms with E-state index in [4.69, 9.17) is 0 Å². The second-order valence-corrected chi connectivity index (χ2v) is 2.44. The molecule has 0 rings (SSSR count). The Morgan fingerprint density at radius 1 is 0.929 bits per heavy atom. The van der Waals surface area contributed by atoms with Crippen molar-refractivity contribution in [2.45, 2.75) is 27.7 Å². The van der Waals surface area contributed by atoms with Crippen molar-refractivity contribution in [3.63, 3.8) is 0 Å². The van der Waals surface area contributed by atoms with E-state index in [9.17, 15) is 4.79 Å². The number of carbonyl (C=O) groups is 1. The molecule has 1 nitrogen and oxygen atoms in total. The summed E-state index contributed by atoms with van der Waals surface area (Å²) < 4.78 is 0. The van der Waals surface area contributed by atoms with Crippen molar-refractivity contribution < 1.29 is 168 Å². The summed E-state index contributed by atoms with van der Waals surface area (Å²) in [4.78, 5) is 10.4. The van der Waals surface area contributed by atoms with Gasteiger partial charge in [-0.3, -0.25) is 0 Å². The monoisotopic (exact) mass is 573 g/mol. The van der Waals surface area contributed by atoms with Gasteiger partial charge in [-0.25, -0.2) is 0 Å². The molecule has 0 aromatic carbocycles. The zero-order valence-corrected chi connectivity index (χ0v) is 23.9. The Bertz CT molecular complexity index is 90.2. The van der Waals surface area contributed by atoms with E-state index < -0.39 is 0 Å². The zero-order chi connectivity index (χ0) is 8.08. The van der Waals surface area contributed by atoms with Gasteiger partial charge in [0.2, 0.25) is 0 Å². The molecule has 0 aliphatic heterocycles. The van der Waals surface area contributed by atoms with E-state index in [1.807, 2.05) is 0 Å². The molecule has 0 aromatic heterocycles. The number of Topliss-reactive ketones (excluding diaryl/α,β-unsaturated/α-hetero) is 1. The van der Waals surface area contributed by atoms with E-state index in [0.29, 0.717) is 0 Å². The molecule has 0 saturated heterocycles. The normalized spacial score (nSPS) is 6.14. The molecular formula is C8H16OY5-2. The van der Waals surface area contributed by atoms with Gasteiger partial charge in [0.25, 0.3) is 0 Å². The van der Waals surface area contributed by atoms with E-state index in [2.05, 4.69) is 13.8 Å². The van der Waals surface area contributed by atoms with Crippen LogP contribution in [0.2, 0.25) is 0 Å². The third kappa shape index (κ3) is 36.0. The van der Waals surface area contributed by atoms with Crippen LogP contribution in [0.25, 0.3) is 0 Å². The summed E-state index contributed by atoms with van der Waals surface area (Å²) in [7, 11) is 0. The van der Waals surface area contributed by atoms with Gasteiger partial charge in [0, 0.05) is 164 Å². The summed E-state index contributed by atoms with van der Waals surface area (Å²) >= 11 is 0. The van der Waals surface area contributed by atoms with E-state index in [1.165, 1.54) is 0 Å². The van der Waals surface area contributed by atoms with Gasteiger partial charge in [-0.1, -0.05) is 13.8 Å². The van der Waals surface area contributed by atoms with Crippen LogP contribution in [0, 0.1) is 19.3 Å². The molecule has 0 aliphatic rings. The first-order valence-corrected chi connectivity index (χ1v) is 3.01. The Kier molecular flexibility index (Phi) is 81.5. The topological polar surface area (TPSA) is 17.1 Å². The minimum absolute atomic E-state index is 0. The van der Waals surface area contributed by atoms with Crippen molar-refractivity contribution in [1.29, 1.82) is 0 Å². The second kappa shape index (κ2) is 26.7. The summed E-state index contributed by atoms with van der Waals surface area (Å²) in [5.41, 5.74) is -0.389. The number of ketones is 1. The average Bonchev–Trinajstić information content (AvgIpc) is 1.69. The molecule has 0 saturated carbocycles. The van der Waals surface area contributed by atoms with Crippen molar-refractivity contribution in [3.05, 3.63) is 13.8 Å². The van der Waals surface area contributed by atoms with E-state index in [-0.39, 0.29) is 175 Å². The Morgan fingerprint density at radius 2 is 1.00 bits per heavy atom. The fourth-order valence-electron chi connectivity index (χ4n) is 0. The molecule has 0 aliphatic carbocycles. The average molecular weight is 573 g/mol. The molecule has 0 fully saturated rings. The number of carbonyl (C=O) groups excluding carboxylic acids is 1.